The number of hydrogen-bond acceptors (Lipinski definition) is 4. The first kappa shape index (κ1) is 12.9. The number of halogens is 1. The number of hydrogen-bond donors (Lipinski definition) is 1. The van der Waals surface area contributed by atoms with Crippen molar-refractivity contribution in [2.45, 2.75) is 29.8 Å². The van der Waals surface area contributed by atoms with Gasteiger partial charge in [0.1, 0.15) is 11.9 Å². The SMILES string of the molecule is N#Cc1cc(CSc2n[nH]c(=O)n2C2CC2)ccc1F. The van der Waals surface area contributed by atoms with Gasteiger partial charge in [0.05, 0.1) is 5.56 Å². The zero-order valence-corrected chi connectivity index (χ0v) is 11.3. The number of H-pyrrole nitrogens is 1. The van der Waals surface area contributed by atoms with Crippen LogP contribution in [0.4, 0.5) is 4.39 Å². The van der Waals surface area contributed by atoms with Gasteiger partial charge in [0.15, 0.2) is 5.16 Å². The molecule has 1 aromatic heterocycles. The highest BCUT2D eigenvalue weighted by Gasteiger charge is 2.28. The van der Waals surface area contributed by atoms with Crippen molar-refractivity contribution in [3.63, 3.8) is 0 Å². The Kier molecular flexibility index (Phi) is 3.32. The quantitative estimate of drug-likeness (QED) is 0.876. The van der Waals surface area contributed by atoms with E-state index in [1.165, 1.54) is 23.9 Å². The normalized spacial score (nSPS) is 14.2. The van der Waals surface area contributed by atoms with E-state index in [4.69, 9.17) is 5.26 Å². The van der Waals surface area contributed by atoms with Gasteiger partial charge in [-0.15, -0.1) is 5.10 Å². The summed E-state index contributed by atoms with van der Waals surface area (Å²) in [6, 6.07) is 6.51. The van der Waals surface area contributed by atoms with Crippen LogP contribution in [0.5, 0.6) is 0 Å². The highest BCUT2D eigenvalue weighted by Crippen LogP contribution is 2.36. The minimum absolute atomic E-state index is 0.0321. The van der Waals surface area contributed by atoms with E-state index in [1.54, 1.807) is 10.6 Å². The molecule has 1 aliphatic rings. The Hall–Kier alpha value is -2.07. The van der Waals surface area contributed by atoms with Crippen molar-refractivity contribution in [2.24, 2.45) is 0 Å². The molecule has 20 heavy (non-hydrogen) atoms. The van der Waals surface area contributed by atoms with Crippen LogP contribution >= 0.6 is 11.8 Å². The number of thioether (sulfide) groups is 1. The van der Waals surface area contributed by atoms with E-state index >= 15 is 0 Å². The third-order valence-corrected chi connectivity index (χ3v) is 4.13. The standard InChI is InChI=1S/C13H11FN4OS/c14-11-4-1-8(5-9(11)6-15)7-20-13-17-16-12(19)18(13)10-2-3-10/h1,4-5,10H,2-3,7H2,(H,16,19). The number of rotatable bonds is 4. The van der Waals surface area contributed by atoms with Crippen molar-refractivity contribution in [1.82, 2.24) is 14.8 Å². The van der Waals surface area contributed by atoms with Crippen molar-refractivity contribution in [2.75, 3.05) is 0 Å². The molecule has 1 aromatic carbocycles. The molecule has 1 N–H and O–H groups in total. The van der Waals surface area contributed by atoms with Crippen molar-refractivity contribution in [3.05, 3.63) is 45.6 Å². The molecule has 2 aromatic rings. The van der Waals surface area contributed by atoms with Crippen LogP contribution in [-0.2, 0) is 5.75 Å². The first-order valence-electron chi connectivity index (χ1n) is 6.17. The van der Waals surface area contributed by atoms with Gasteiger partial charge in [-0.05, 0) is 30.5 Å². The molecule has 1 saturated carbocycles. The van der Waals surface area contributed by atoms with Gasteiger partial charge >= 0.3 is 5.69 Å². The van der Waals surface area contributed by atoms with E-state index in [2.05, 4.69) is 10.2 Å². The lowest BCUT2D eigenvalue weighted by Gasteiger charge is -2.04. The second-order valence-electron chi connectivity index (χ2n) is 4.63. The highest BCUT2D eigenvalue weighted by molar-refractivity contribution is 7.98. The number of aromatic nitrogens is 3. The molecule has 3 rings (SSSR count). The Labute approximate surface area is 118 Å². The molecule has 0 radical (unpaired) electrons. The smallest absolute Gasteiger partial charge is 0.267 e. The van der Waals surface area contributed by atoms with Crippen molar-refractivity contribution >= 4 is 11.8 Å². The maximum atomic E-state index is 13.2. The van der Waals surface area contributed by atoms with Gasteiger partial charge in [0.2, 0.25) is 0 Å². The fourth-order valence-corrected chi connectivity index (χ4v) is 2.90. The molecule has 0 atom stereocenters. The number of aromatic amines is 1. The Morgan fingerprint density at radius 2 is 2.35 bits per heavy atom. The van der Waals surface area contributed by atoms with Crippen molar-refractivity contribution in [1.29, 1.82) is 5.26 Å². The van der Waals surface area contributed by atoms with E-state index in [0.29, 0.717) is 10.9 Å². The minimum atomic E-state index is -0.518. The van der Waals surface area contributed by atoms with Crippen LogP contribution in [0.15, 0.2) is 28.2 Å². The molecular formula is C13H11FN4OS. The van der Waals surface area contributed by atoms with Crippen LogP contribution in [0.25, 0.3) is 0 Å². The largest absolute Gasteiger partial charge is 0.344 e. The summed E-state index contributed by atoms with van der Waals surface area (Å²) >= 11 is 1.40. The van der Waals surface area contributed by atoms with Crippen LogP contribution in [0.3, 0.4) is 0 Å². The predicted molar refractivity (Wildman–Crippen MR) is 71.8 cm³/mol. The maximum Gasteiger partial charge on any atom is 0.344 e. The van der Waals surface area contributed by atoms with Crippen LogP contribution in [-0.4, -0.2) is 14.8 Å². The summed E-state index contributed by atoms with van der Waals surface area (Å²) in [5.74, 6) is 0.0160. The van der Waals surface area contributed by atoms with Crippen molar-refractivity contribution < 1.29 is 4.39 Å². The van der Waals surface area contributed by atoms with Gasteiger partial charge in [-0.1, -0.05) is 17.8 Å². The summed E-state index contributed by atoms with van der Waals surface area (Å²) in [6.07, 6.45) is 2.00. The Morgan fingerprint density at radius 1 is 1.55 bits per heavy atom. The average Bonchev–Trinajstić information content (AvgIpc) is 3.22. The summed E-state index contributed by atoms with van der Waals surface area (Å²) in [5.41, 5.74) is 0.669. The van der Waals surface area contributed by atoms with E-state index in [9.17, 15) is 9.18 Å². The van der Waals surface area contributed by atoms with Gasteiger partial charge in [-0.3, -0.25) is 4.57 Å². The lowest BCUT2D eigenvalue weighted by atomic mass is 10.1. The summed E-state index contributed by atoms with van der Waals surface area (Å²) in [4.78, 5) is 11.6. The molecule has 1 fully saturated rings. The molecule has 0 unspecified atom stereocenters. The summed E-state index contributed by atoms with van der Waals surface area (Å²) < 4.78 is 14.9. The molecule has 0 aliphatic heterocycles. The first-order valence-corrected chi connectivity index (χ1v) is 7.16. The van der Waals surface area contributed by atoms with Crippen LogP contribution < -0.4 is 5.69 Å². The predicted octanol–water partition coefficient (Wildman–Crippen LogP) is 2.21. The van der Waals surface area contributed by atoms with Gasteiger partial charge in [-0.2, -0.15) is 5.26 Å². The number of benzene rings is 1. The lowest BCUT2D eigenvalue weighted by Crippen LogP contribution is -2.16. The van der Waals surface area contributed by atoms with Gasteiger partial charge in [-0.25, -0.2) is 14.3 Å². The second kappa shape index (κ2) is 5.13. The summed E-state index contributed by atoms with van der Waals surface area (Å²) in [6.45, 7) is 0. The van der Waals surface area contributed by atoms with Gasteiger partial charge in [0, 0.05) is 11.8 Å². The second-order valence-corrected chi connectivity index (χ2v) is 5.57. The zero-order valence-electron chi connectivity index (χ0n) is 10.5. The molecular weight excluding hydrogens is 279 g/mol. The monoisotopic (exact) mass is 290 g/mol. The molecule has 0 bridgehead atoms. The van der Waals surface area contributed by atoms with E-state index in [0.717, 1.165) is 18.4 Å². The number of nitriles is 1. The van der Waals surface area contributed by atoms with Gasteiger partial charge < -0.3 is 0 Å². The van der Waals surface area contributed by atoms with Crippen LogP contribution in [0.1, 0.15) is 30.0 Å². The van der Waals surface area contributed by atoms with Crippen molar-refractivity contribution in [3.8, 4) is 6.07 Å². The molecule has 0 spiro atoms. The third-order valence-electron chi connectivity index (χ3n) is 3.10. The van der Waals surface area contributed by atoms with Crippen LogP contribution in [0, 0.1) is 17.1 Å². The average molecular weight is 290 g/mol. The number of nitrogens with zero attached hydrogens (tertiary/aromatic N) is 3. The molecule has 7 heteroatoms. The Morgan fingerprint density at radius 3 is 3.05 bits per heavy atom. The zero-order chi connectivity index (χ0) is 14.1. The van der Waals surface area contributed by atoms with E-state index in [-0.39, 0.29) is 17.3 Å². The molecule has 0 amide bonds. The Bertz CT molecular complexity index is 742. The van der Waals surface area contributed by atoms with Crippen LogP contribution in [0.2, 0.25) is 0 Å². The topological polar surface area (TPSA) is 74.5 Å². The maximum absolute atomic E-state index is 13.2. The molecule has 5 nitrogen and oxygen atoms in total. The third kappa shape index (κ3) is 2.47. The number of nitrogens with one attached hydrogen (secondary N) is 1. The fourth-order valence-electron chi connectivity index (χ4n) is 1.94. The van der Waals surface area contributed by atoms with Gasteiger partial charge in [0.25, 0.3) is 0 Å². The molecule has 1 aliphatic carbocycles. The highest BCUT2D eigenvalue weighted by atomic mass is 32.2. The minimum Gasteiger partial charge on any atom is -0.267 e. The summed E-state index contributed by atoms with van der Waals surface area (Å²) in [7, 11) is 0. The summed E-state index contributed by atoms with van der Waals surface area (Å²) in [5, 5.41) is 15.9. The first-order chi connectivity index (χ1) is 9.69. The Balaban J connectivity index is 1.77. The van der Waals surface area contributed by atoms with E-state index < -0.39 is 5.82 Å². The molecule has 102 valence electrons. The lowest BCUT2D eigenvalue weighted by molar-refractivity contribution is 0.623. The molecule has 0 saturated heterocycles. The molecule has 1 heterocycles. The van der Waals surface area contributed by atoms with E-state index in [1.807, 2.05) is 6.07 Å². The fraction of sp³-hybridized carbons (Fsp3) is 0.308.